The van der Waals surface area contributed by atoms with Crippen molar-refractivity contribution in [2.75, 3.05) is 23.3 Å². The van der Waals surface area contributed by atoms with Crippen LogP contribution in [0.15, 0.2) is 48.7 Å². The Hall–Kier alpha value is -3.02. The zero-order chi connectivity index (χ0) is 19.3. The van der Waals surface area contributed by atoms with E-state index in [9.17, 15) is 0 Å². The van der Waals surface area contributed by atoms with Gasteiger partial charge in [-0.05, 0) is 44.4 Å². The number of nitrogens with one attached hydrogen (secondary N) is 1. The van der Waals surface area contributed by atoms with Gasteiger partial charge in [0.05, 0.1) is 5.69 Å². The van der Waals surface area contributed by atoms with Crippen LogP contribution in [0.2, 0.25) is 0 Å². The lowest BCUT2D eigenvalue weighted by atomic mass is 10.1. The fourth-order valence-corrected chi connectivity index (χ4v) is 3.65. The topological polar surface area (TPSA) is 66.8 Å². The lowest BCUT2D eigenvalue weighted by Crippen LogP contribution is -2.40. The Balaban J connectivity index is 1.38. The van der Waals surface area contributed by atoms with E-state index in [1.165, 1.54) is 5.56 Å². The van der Waals surface area contributed by atoms with Crippen LogP contribution >= 0.6 is 0 Å². The molecule has 0 amide bonds. The van der Waals surface area contributed by atoms with Gasteiger partial charge in [-0.3, -0.25) is 0 Å². The first kappa shape index (κ1) is 18.3. The summed E-state index contributed by atoms with van der Waals surface area (Å²) in [4.78, 5) is 20.4. The van der Waals surface area contributed by atoms with Gasteiger partial charge in [-0.2, -0.15) is 0 Å². The molecule has 1 saturated heterocycles. The number of rotatable bonds is 5. The maximum atomic E-state index is 4.76. The van der Waals surface area contributed by atoms with Gasteiger partial charge in [0.1, 0.15) is 11.6 Å². The Kier molecular flexibility index (Phi) is 5.46. The third-order valence-corrected chi connectivity index (χ3v) is 5.05. The fourth-order valence-electron chi connectivity index (χ4n) is 3.65. The predicted octanol–water partition coefficient (Wildman–Crippen LogP) is 3.56. The molecule has 6 nitrogen and oxygen atoms in total. The van der Waals surface area contributed by atoms with Gasteiger partial charge < -0.3 is 10.2 Å². The van der Waals surface area contributed by atoms with E-state index in [4.69, 9.17) is 4.98 Å². The SMILES string of the molecule is Cc1cc(Cc2ccccc2)nc(NC2CCN(c3ccnc(C)n3)CC2)n1. The molecule has 1 aliphatic rings. The molecule has 1 aliphatic heterocycles. The molecule has 28 heavy (non-hydrogen) atoms. The summed E-state index contributed by atoms with van der Waals surface area (Å²) in [6.45, 7) is 5.90. The second-order valence-electron chi connectivity index (χ2n) is 7.35. The molecule has 0 bridgehead atoms. The second kappa shape index (κ2) is 8.33. The molecule has 3 aromatic rings. The maximum Gasteiger partial charge on any atom is 0.223 e. The summed E-state index contributed by atoms with van der Waals surface area (Å²) in [6.07, 6.45) is 4.73. The van der Waals surface area contributed by atoms with E-state index >= 15 is 0 Å². The Labute approximate surface area is 166 Å². The largest absolute Gasteiger partial charge is 0.356 e. The molecule has 0 atom stereocenters. The van der Waals surface area contributed by atoms with Gasteiger partial charge in [-0.25, -0.2) is 19.9 Å². The molecule has 0 aliphatic carbocycles. The monoisotopic (exact) mass is 374 g/mol. The van der Waals surface area contributed by atoms with Crippen LogP contribution < -0.4 is 10.2 Å². The number of piperidine rings is 1. The zero-order valence-electron chi connectivity index (χ0n) is 16.5. The summed E-state index contributed by atoms with van der Waals surface area (Å²) >= 11 is 0. The molecule has 0 radical (unpaired) electrons. The summed E-state index contributed by atoms with van der Waals surface area (Å²) in [6, 6.07) is 14.9. The number of anilines is 2. The Morgan fingerprint density at radius 2 is 1.79 bits per heavy atom. The van der Waals surface area contributed by atoms with Crippen molar-refractivity contribution < 1.29 is 0 Å². The third kappa shape index (κ3) is 4.63. The summed E-state index contributed by atoms with van der Waals surface area (Å²) in [5, 5.41) is 3.55. The highest BCUT2D eigenvalue weighted by molar-refractivity contribution is 5.39. The van der Waals surface area contributed by atoms with Crippen molar-refractivity contribution in [2.24, 2.45) is 0 Å². The average Bonchev–Trinajstić information content (AvgIpc) is 2.69. The molecule has 1 aromatic carbocycles. The molecule has 1 fully saturated rings. The van der Waals surface area contributed by atoms with Crippen LogP contribution in [-0.4, -0.2) is 39.1 Å². The fraction of sp³-hybridized carbons (Fsp3) is 0.364. The minimum Gasteiger partial charge on any atom is -0.356 e. The van der Waals surface area contributed by atoms with E-state index in [0.717, 1.165) is 61.3 Å². The minimum atomic E-state index is 0.380. The number of benzene rings is 1. The quantitative estimate of drug-likeness (QED) is 0.737. The second-order valence-corrected chi connectivity index (χ2v) is 7.35. The lowest BCUT2D eigenvalue weighted by molar-refractivity contribution is 0.520. The van der Waals surface area contributed by atoms with Crippen molar-refractivity contribution in [1.82, 2.24) is 19.9 Å². The Morgan fingerprint density at radius 3 is 2.54 bits per heavy atom. The standard InChI is InChI=1S/C22H26N6/c1-16-14-20(15-18-6-4-3-5-7-18)27-22(24-16)26-19-9-12-28(13-10-19)21-8-11-23-17(2)25-21/h3-8,11,14,19H,9-10,12-13,15H2,1-2H3,(H,24,26,27). The predicted molar refractivity (Wildman–Crippen MR) is 112 cm³/mol. The first-order chi connectivity index (χ1) is 13.7. The molecule has 6 heteroatoms. The van der Waals surface area contributed by atoms with Gasteiger partial charge in [-0.15, -0.1) is 0 Å². The van der Waals surface area contributed by atoms with Crippen molar-refractivity contribution in [3.63, 3.8) is 0 Å². The first-order valence-electron chi connectivity index (χ1n) is 9.85. The van der Waals surface area contributed by atoms with E-state index in [-0.39, 0.29) is 0 Å². The summed E-state index contributed by atoms with van der Waals surface area (Å²) in [5.41, 5.74) is 3.31. The highest BCUT2D eigenvalue weighted by Crippen LogP contribution is 2.20. The van der Waals surface area contributed by atoms with E-state index in [1.807, 2.05) is 32.2 Å². The third-order valence-electron chi connectivity index (χ3n) is 5.05. The van der Waals surface area contributed by atoms with Crippen LogP contribution in [0.3, 0.4) is 0 Å². The summed E-state index contributed by atoms with van der Waals surface area (Å²) < 4.78 is 0. The number of aromatic nitrogens is 4. The molecule has 0 unspecified atom stereocenters. The Morgan fingerprint density at radius 1 is 1.00 bits per heavy atom. The van der Waals surface area contributed by atoms with E-state index < -0.39 is 0 Å². The average molecular weight is 374 g/mol. The van der Waals surface area contributed by atoms with Gasteiger partial charge >= 0.3 is 0 Å². The van der Waals surface area contributed by atoms with E-state index in [0.29, 0.717) is 6.04 Å². The molecular formula is C22H26N6. The zero-order valence-corrected chi connectivity index (χ0v) is 16.5. The van der Waals surface area contributed by atoms with Crippen LogP contribution in [0.1, 0.15) is 35.6 Å². The molecule has 3 heterocycles. The maximum absolute atomic E-state index is 4.76. The highest BCUT2D eigenvalue weighted by atomic mass is 15.2. The lowest BCUT2D eigenvalue weighted by Gasteiger charge is -2.33. The summed E-state index contributed by atoms with van der Waals surface area (Å²) in [5.74, 6) is 2.57. The van der Waals surface area contributed by atoms with Gasteiger partial charge in [0.2, 0.25) is 5.95 Å². The molecule has 144 valence electrons. The van der Waals surface area contributed by atoms with Gasteiger partial charge in [0.15, 0.2) is 0 Å². The van der Waals surface area contributed by atoms with Crippen LogP contribution in [0.5, 0.6) is 0 Å². The molecule has 4 rings (SSSR count). The van der Waals surface area contributed by atoms with Crippen LogP contribution in [0.4, 0.5) is 11.8 Å². The normalized spacial score (nSPS) is 14.9. The minimum absolute atomic E-state index is 0.380. The Bertz CT molecular complexity index is 919. The molecule has 2 aromatic heterocycles. The van der Waals surface area contributed by atoms with Crippen molar-refractivity contribution in [3.05, 3.63) is 71.4 Å². The smallest absolute Gasteiger partial charge is 0.223 e. The number of hydrogen-bond acceptors (Lipinski definition) is 6. The van der Waals surface area contributed by atoms with Crippen LogP contribution in [0, 0.1) is 13.8 Å². The van der Waals surface area contributed by atoms with Crippen molar-refractivity contribution in [3.8, 4) is 0 Å². The number of hydrogen-bond donors (Lipinski definition) is 1. The van der Waals surface area contributed by atoms with Crippen molar-refractivity contribution in [1.29, 1.82) is 0 Å². The van der Waals surface area contributed by atoms with Crippen molar-refractivity contribution >= 4 is 11.8 Å². The first-order valence-corrected chi connectivity index (χ1v) is 9.85. The van der Waals surface area contributed by atoms with Gasteiger partial charge in [-0.1, -0.05) is 30.3 Å². The molecule has 1 N–H and O–H groups in total. The number of nitrogens with zero attached hydrogens (tertiary/aromatic N) is 5. The number of aryl methyl sites for hydroxylation is 2. The van der Waals surface area contributed by atoms with Crippen LogP contribution in [0.25, 0.3) is 0 Å². The summed E-state index contributed by atoms with van der Waals surface area (Å²) in [7, 11) is 0. The molecular weight excluding hydrogens is 348 g/mol. The van der Waals surface area contributed by atoms with Gasteiger partial charge in [0.25, 0.3) is 0 Å². The van der Waals surface area contributed by atoms with E-state index in [2.05, 4.69) is 55.5 Å². The molecule has 0 spiro atoms. The van der Waals surface area contributed by atoms with Crippen molar-refractivity contribution in [2.45, 2.75) is 39.2 Å². The van der Waals surface area contributed by atoms with Crippen LogP contribution in [-0.2, 0) is 6.42 Å². The highest BCUT2D eigenvalue weighted by Gasteiger charge is 2.21. The molecule has 0 saturated carbocycles. The van der Waals surface area contributed by atoms with E-state index in [1.54, 1.807) is 0 Å². The van der Waals surface area contributed by atoms with Gasteiger partial charge in [0, 0.05) is 37.4 Å².